The average Bonchev–Trinajstić information content (AvgIpc) is 3.28. The molecule has 0 bridgehead atoms. The van der Waals surface area contributed by atoms with Crippen molar-refractivity contribution in [1.29, 1.82) is 0 Å². The number of hydrogen-bond acceptors (Lipinski definition) is 5. The predicted octanol–water partition coefficient (Wildman–Crippen LogP) is 4.95. The van der Waals surface area contributed by atoms with Gasteiger partial charge >= 0.3 is 0 Å². The molecule has 0 aliphatic rings. The highest BCUT2D eigenvalue weighted by Crippen LogP contribution is 2.27. The Labute approximate surface area is 197 Å². The van der Waals surface area contributed by atoms with Gasteiger partial charge in [0.05, 0.1) is 0 Å². The van der Waals surface area contributed by atoms with Crippen LogP contribution >= 0.6 is 27.3 Å². The third kappa shape index (κ3) is 5.66. The highest BCUT2D eigenvalue weighted by Gasteiger charge is 2.23. The van der Waals surface area contributed by atoms with E-state index in [-0.39, 0.29) is 11.8 Å². The van der Waals surface area contributed by atoms with Crippen LogP contribution in [0.25, 0.3) is 10.6 Å². The molecule has 1 atom stereocenters. The van der Waals surface area contributed by atoms with Gasteiger partial charge in [-0.05, 0) is 29.8 Å². The van der Waals surface area contributed by atoms with Gasteiger partial charge in [0, 0.05) is 22.0 Å². The number of amides is 2. The molecule has 6 nitrogen and oxygen atoms in total. The van der Waals surface area contributed by atoms with E-state index in [9.17, 15) is 9.59 Å². The Kier molecular flexibility index (Phi) is 7.03. The average molecular weight is 507 g/mol. The summed E-state index contributed by atoms with van der Waals surface area (Å²) in [5, 5.41) is 15.0. The summed E-state index contributed by atoms with van der Waals surface area (Å²) in [5.74, 6) is -0.661. The van der Waals surface area contributed by atoms with Gasteiger partial charge in [0.1, 0.15) is 11.0 Å². The zero-order valence-corrected chi connectivity index (χ0v) is 19.3. The van der Waals surface area contributed by atoms with Gasteiger partial charge in [0.2, 0.25) is 11.0 Å². The molecule has 0 saturated heterocycles. The second-order valence-corrected chi connectivity index (χ2v) is 8.88. The van der Waals surface area contributed by atoms with Crippen molar-refractivity contribution in [1.82, 2.24) is 15.5 Å². The molecule has 32 heavy (non-hydrogen) atoms. The van der Waals surface area contributed by atoms with Crippen molar-refractivity contribution >= 4 is 44.2 Å². The van der Waals surface area contributed by atoms with E-state index in [1.165, 1.54) is 11.3 Å². The lowest BCUT2D eigenvalue weighted by molar-refractivity contribution is -0.118. The standard InChI is InChI=1S/C24H19BrN4O2S/c25-19-13-11-18(12-14-19)23-28-29-24(32-23)27-22(31)20(15-16-7-3-1-4-8-16)26-21(30)17-9-5-2-6-10-17/h1-14,20H,15H2,(H,26,30)(H,27,29,31). The number of nitrogens with zero attached hydrogens (tertiary/aromatic N) is 2. The van der Waals surface area contributed by atoms with E-state index in [0.717, 1.165) is 15.6 Å². The van der Waals surface area contributed by atoms with E-state index in [0.29, 0.717) is 22.1 Å². The van der Waals surface area contributed by atoms with Gasteiger partial charge in [-0.3, -0.25) is 14.9 Å². The lowest BCUT2D eigenvalue weighted by Gasteiger charge is -2.18. The smallest absolute Gasteiger partial charge is 0.251 e. The molecule has 8 heteroatoms. The van der Waals surface area contributed by atoms with Crippen molar-refractivity contribution < 1.29 is 9.59 Å². The molecular formula is C24H19BrN4O2S. The molecule has 160 valence electrons. The molecule has 2 amide bonds. The first-order valence-corrected chi connectivity index (χ1v) is 11.5. The summed E-state index contributed by atoms with van der Waals surface area (Å²) >= 11 is 4.69. The van der Waals surface area contributed by atoms with Crippen LogP contribution in [-0.2, 0) is 11.2 Å². The molecular weight excluding hydrogens is 488 g/mol. The van der Waals surface area contributed by atoms with Gasteiger partial charge in [-0.15, -0.1) is 10.2 Å². The third-order valence-electron chi connectivity index (χ3n) is 4.69. The lowest BCUT2D eigenvalue weighted by Crippen LogP contribution is -2.45. The fourth-order valence-corrected chi connectivity index (χ4v) is 4.08. The fourth-order valence-electron chi connectivity index (χ4n) is 3.07. The fraction of sp³-hybridized carbons (Fsp3) is 0.0833. The predicted molar refractivity (Wildman–Crippen MR) is 130 cm³/mol. The van der Waals surface area contributed by atoms with E-state index < -0.39 is 6.04 Å². The monoisotopic (exact) mass is 506 g/mol. The van der Waals surface area contributed by atoms with Crippen molar-refractivity contribution in [3.05, 3.63) is 101 Å². The van der Waals surface area contributed by atoms with Crippen molar-refractivity contribution in [2.24, 2.45) is 0 Å². The molecule has 0 aliphatic carbocycles. The number of rotatable bonds is 7. The summed E-state index contributed by atoms with van der Waals surface area (Å²) in [4.78, 5) is 25.8. The Bertz CT molecular complexity index is 1200. The van der Waals surface area contributed by atoms with Crippen LogP contribution in [0.2, 0.25) is 0 Å². The highest BCUT2D eigenvalue weighted by molar-refractivity contribution is 9.10. The Morgan fingerprint density at radius 2 is 1.53 bits per heavy atom. The molecule has 0 aliphatic heterocycles. The van der Waals surface area contributed by atoms with Crippen LogP contribution in [0, 0.1) is 0 Å². The van der Waals surface area contributed by atoms with Crippen molar-refractivity contribution in [2.45, 2.75) is 12.5 Å². The van der Waals surface area contributed by atoms with Crippen LogP contribution in [0.4, 0.5) is 5.13 Å². The van der Waals surface area contributed by atoms with Gasteiger partial charge in [-0.25, -0.2) is 0 Å². The maximum atomic E-state index is 13.1. The van der Waals surface area contributed by atoms with Crippen LogP contribution in [0.3, 0.4) is 0 Å². The molecule has 2 N–H and O–H groups in total. The molecule has 1 aromatic heterocycles. The minimum absolute atomic E-state index is 0.311. The van der Waals surface area contributed by atoms with E-state index in [2.05, 4.69) is 36.8 Å². The Balaban J connectivity index is 1.50. The number of halogens is 1. The molecule has 1 unspecified atom stereocenters. The Hall–Kier alpha value is -3.36. The molecule has 4 rings (SSSR count). The zero-order chi connectivity index (χ0) is 22.3. The van der Waals surface area contributed by atoms with E-state index >= 15 is 0 Å². The Morgan fingerprint density at radius 3 is 2.22 bits per heavy atom. The summed E-state index contributed by atoms with van der Waals surface area (Å²) in [6, 6.07) is 25.3. The lowest BCUT2D eigenvalue weighted by atomic mass is 10.0. The second kappa shape index (κ2) is 10.3. The molecule has 0 saturated carbocycles. The van der Waals surface area contributed by atoms with Crippen LogP contribution in [0.1, 0.15) is 15.9 Å². The minimum Gasteiger partial charge on any atom is -0.340 e. The summed E-state index contributed by atoms with van der Waals surface area (Å²) in [7, 11) is 0. The van der Waals surface area contributed by atoms with E-state index in [4.69, 9.17) is 0 Å². The maximum absolute atomic E-state index is 13.1. The van der Waals surface area contributed by atoms with Gasteiger partial charge in [-0.2, -0.15) is 0 Å². The molecule has 4 aromatic rings. The highest BCUT2D eigenvalue weighted by atomic mass is 79.9. The van der Waals surface area contributed by atoms with Crippen molar-refractivity contribution in [3.8, 4) is 10.6 Å². The van der Waals surface area contributed by atoms with Crippen LogP contribution in [0.15, 0.2) is 89.4 Å². The summed E-state index contributed by atoms with van der Waals surface area (Å²) < 4.78 is 0.970. The van der Waals surface area contributed by atoms with Crippen LogP contribution in [-0.4, -0.2) is 28.1 Å². The van der Waals surface area contributed by atoms with E-state index in [1.54, 1.807) is 24.3 Å². The zero-order valence-electron chi connectivity index (χ0n) is 16.9. The number of benzene rings is 3. The SMILES string of the molecule is O=C(NC(Cc1ccccc1)C(=O)Nc1nnc(-c2ccc(Br)cc2)s1)c1ccccc1. The molecule has 3 aromatic carbocycles. The van der Waals surface area contributed by atoms with Gasteiger partial charge in [0.25, 0.3) is 5.91 Å². The second-order valence-electron chi connectivity index (χ2n) is 6.99. The summed E-state index contributed by atoms with van der Waals surface area (Å²) in [5.41, 5.74) is 2.34. The maximum Gasteiger partial charge on any atom is 0.251 e. The number of carbonyl (C=O) groups is 2. The topological polar surface area (TPSA) is 84.0 Å². The first-order valence-electron chi connectivity index (χ1n) is 9.88. The largest absolute Gasteiger partial charge is 0.340 e. The number of nitrogens with one attached hydrogen (secondary N) is 2. The number of anilines is 1. The Morgan fingerprint density at radius 1 is 0.875 bits per heavy atom. The van der Waals surface area contributed by atoms with E-state index in [1.807, 2.05) is 60.7 Å². The molecule has 0 fully saturated rings. The third-order valence-corrected chi connectivity index (χ3v) is 6.10. The molecule has 1 heterocycles. The number of hydrogen-bond donors (Lipinski definition) is 2. The van der Waals surface area contributed by atoms with Crippen LogP contribution < -0.4 is 10.6 Å². The van der Waals surface area contributed by atoms with Gasteiger partial charge in [0.15, 0.2) is 0 Å². The normalized spacial score (nSPS) is 11.5. The number of aromatic nitrogens is 2. The van der Waals surface area contributed by atoms with Gasteiger partial charge in [-0.1, -0.05) is 87.9 Å². The van der Waals surface area contributed by atoms with Crippen LogP contribution in [0.5, 0.6) is 0 Å². The summed E-state index contributed by atoms with van der Waals surface area (Å²) in [6.07, 6.45) is 0.351. The van der Waals surface area contributed by atoms with Gasteiger partial charge < -0.3 is 5.32 Å². The first kappa shape index (κ1) is 21.9. The number of carbonyl (C=O) groups excluding carboxylic acids is 2. The van der Waals surface area contributed by atoms with Crippen molar-refractivity contribution in [3.63, 3.8) is 0 Å². The summed E-state index contributed by atoms with van der Waals surface area (Å²) in [6.45, 7) is 0. The molecule has 0 spiro atoms. The quantitative estimate of drug-likeness (QED) is 0.371. The van der Waals surface area contributed by atoms with Crippen molar-refractivity contribution in [2.75, 3.05) is 5.32 Å². The minimum atomic E-state index is -0.773. The molecule has 0 radical (unpaired) electrons. The first-order chi connectivity index (χ1) is 15.6.